The number of amides is 1. The lowest BCUT2D eigenvalue weighted by Gasteiger charge is -2.54. The summed E-state index contributed by atoms with van der Waals surface area (Å²) in [5, 5.41) is 24.9. The Morgan fingerprint density at radius 1 is 1.54 bits per heavy atom. The van der Waals surface area contributed by atoms with E-state index in [1.54, 1.807) is 13.2 Å². The molecule has 1 unspecified atom stereocenters. The number of aliphatic hydroxyl groups is 2. The fourth-order valence-electron chi connectivity index (χ4n) is 4.85. The molecule has 3 N–H and O–H groups in total. The van der Waals surface area contributed by atoms with E-state index in [0.717, 1.165) is 24.1 Å². The van der Waals surface area contributed by atoms with E-state index in [1.165, 1.54) is 0 Å². The standard InChI is InChI=1S/C20H26N2O4/c1-3-20(25)11-22-7-6-12(20)8-17(22)19(24)15-10-18(23)21-16-5-4-13(26-2)9-14(15)16/h3-5,9,12,16-17,19,24-25H,1,6-8,10-11H2,2H3,(H,21,23)/t12-,16-,17+,19-,20-/m1/s1. The molecule has 3 fully saturated rings. The van der Waals surface area contributed by atoms with Crippen LogP contribution in [0.3, 0.4) is 0 Å². The van der Waals surface area contributed by atoms with Crippen LogP contribution >= 0.6 is 0 Å². The van der Waals surface area contributed by atoms with E-state index < -0.39 is 11.7 Å². The third kappa shape index (κ3) is 2.73. The Bertz CT molecular complexity index is 725. The number of piperidine rings is 3. The highest BCUT2D eigenvalue weighted by Crippen LogP contribution is 2.42. The molecular weight excluding hydrogens is 332 g/mol. The van der Waals surface area contributed by atoms with Crippen molar-refractivity contribution in [1.29, 1.82) is 0 Å². The second-order valence-corrected chi connectivity index (χ2v) is 7.71. The first kappa shape index (κ1) is 17.5. The SMILES string of the molecule is C=C[C@@]1(O)CN2CC[C@@H]1C[C@H]2[C@H](O)C1=C2C=C(OC)C=C[C@H]2NC(=O)C1. The highest BCUT2D eigenvalue weighted by Gasteiger charge is 2.50. The molecule has 6 nitrogen and oxygen atoms in total. The number of fused-ring (bicyclic) bond motifs is 4. The van der Waals surface area contributed by atoms with Crippen LogP contribution in [0.25, 0.3) is 0 Å². The second-order valence-electron chi connectivity index (χ2n) is 7.71. The van der Waals surface area contributed by atoms with Crippen LogP contribution in [0.2, 0.25) is 0 Å². The van der Waals surface area contributed by atoms with Gasteiger partial charge < -0.3 is 20.3 Å². The molecule has 0 aromatic rings. The van der Waals surface area contributed by atoms with E-state index in [2.05, 4.69) is 16.8 Å². The van der Waals surface area contributed by atoms with Gasteiger partial charge in [0.25, 0.3) is 0 Å². The van der Waals surface area contributed by atoms with Crippen molar-refractivity contribution in [3.8, 4) is 0 Å². The molecule has 2 bridgehead atoms. The van der Waals surface area contributed by atoms with E-state index in [-0.39, 0.29) is 30.3 Å². The van der Waals surface area contributed by atoms with Gasteiger partial charge in [0.05, 0.1) is 31.3 Å². The van der Waals surface area contributed by atoms with Gasteiger partial charge in [-0.15, -0.1) is 6.58 Å². The fourth-order valence-corrected chi connectivity index (χ4v) is 4.85. The molecule has 6 atom stereocenters. The first-order valence-corrected chi connectivity index (χ1v) is 9.19. The van der Waals surface area contributed by atoms with Gasteiger partial charge in [0, 0.05) is 12.6 Å². The molecular formula is C20H26N2O4. The van der Waals surface area contributed by atoms with Gasteiger partial charge in [0.15, 0.2) is 0 Å². The van der Waals surface area contributed by atoms with Crippen LogP contribution in [0.1, 0.15) is 19.3 Å². The van der Waals surface area contributed by atoms with Gasteiger partial charge in [-0.05, 0) is 48.6 Å². The second kappa shape index (κ2) is 6.37. The first-order valence-electron chi connectivity index (χ1n) is 9.19. The number of nitrogens with zero attached hydrogens (tertiary/aromatic N) is 1. The monoisotopic (exact) mass is 358 g/mol. The van der Waals surface area contributed by atoms with Gasteiger partial charge in [-0.25, -0.2) is 0 Å². The summed E-state index contributed by atoms with van der Waals surface area (Å²) in [5.74, 6) is 0.730. The van der Waals surface area contributed by atoms with Gasteiger partial charge in [-0.2, -0.15) is 0 Å². The van der Waals surface area contributed by atoms with Crippen molar-refractivity contribution in [2.75, 3.05) is 20.2 Å². The number of carbonyl (C=O) groups excluding carboxylic acids is 1. The molecule has 0 spiro atoms. The van der Waals surface area contributed by atoms with Crippen LogP contribution in [-0.2, 0) is 9.53 Å². The molecule has 0 saturated carbocycles. The number of allylic oxidation sites excluding steroid dienone is 1. The molecule has 5 rings (SSSR count). The Hall–Kier alpha value is -1.89. The zero-order chi connectivity index (χ0) is 18.5. The maximum absolute atomic E-state index is 12.2. The third-order valence-corrected chi connectivity index (χ3v) is 6.36. The molecule has 3 saturated heterocycles. The molecule has 0 aromatic heterocycles. The largest absolute Gasteiger partial charge is 0.497 e. The summed E-state index contributed by atoms with van der Waals surface area (Å²) in [5.41, 5.74) is 0.797. The molecule has 5 aliphatic rings. The van der Waals surface area contributed by atoms with Crippen molar-refractivity contribution in [3.63, 3.8) is 0 Å². The average Bonchev–Trinajstić information content (AvgIpc) is 2.66. The summed E-state index contributed by atoms with van der Waals surface area (Å²) in [7, 11) is 1.61. The molecule has 26 heavy (non-hydrogen) atoms. The number of carbonyl (C=O) groups is 1. The van der Waals surface area contributed by atoms with Crippen molar-refractivity contribution in [2.24, 2.45) is 5.92 Å². The first-order chi connectivity index (χ1) is 12.4. The molecule has 6 heteroatoms. The summed E-state index contributed by atoms with van der Waals surface area (Å²) in [6, 6.07) is -0.311. The Kier molecular flexibility index (Phi) is 4.29. The Morgan fingerprint density at radius 2 is 2.35 bits per heavy atom. The lowest BCUT2D eigenvalue weighted by molar-refractivity contribution is -0.126. The van der Waals surface area contributed by atoms with Crippen LogP contribution in [0.15, 0.2) is 47.8 Å². The van der Waals surface area contributed by atoms with Gasteiger partial charge in [0.2, 0.25) is 5.91 Å². The number of ether oxygens (including phenoxy) is 1. The van der Waals surface area contributed by atoms with Crippen molar-refractivity contribution in [2.45, 2.75) is 43.1 Å². The van der Waals surface area contributed by atoms with Crippen molar-refractivity contribution in [1.82, 2.24) is 10.2 Å². The van der Waals surface area contributed by atoms with E-state index in [0.29, 0.717) is 18.7 Å². The molecule has 0 radical (unpaired) electrons. The Morgan fingerprint density at radius 3 is 3.00 bits per heavy atom. The summed E-state index contributed by atoms with van der Waals surface area (Å²) < 4.78 is 5.32. The highest BCUT2D eigenvalue weighted by molar-refractivity contribution is 5.83. The number of methoxy groups -OCH3 is 1. The minimum atomic E-state index is -0.880. The van der Waals surface area contributed by atoms with Crippen LogP contribution in [0.4, 0.5) is 0 Å². The van der Waals surface area contributed by atoms with E-state index in [4.69, 9.17) is 4.74 Å². The summed E-state index contributed by atoms with van der Waals surface area (Å²) in [6.45, 7) is 5.12. The normalized spacial score (nSPS) is 39.8. The smallest absolute Gasteiger partial charge is 0.224 e. The Balaban J connectivity index is 1.65. The number of aliphatic hydroxyl groups excluding tert-OH is 1. The lowest BCUT2D eigenvalue weighted by atomic mass is 9.70. The lowest BCUT2D eigenvalue weighted by Crippen LogP contribution is -2.65. The molecule has 0 aromatic carbocycles. The zero-order valence-electron chi connectivity index (χ0n) is 15.0. The summed E-state index contributed by atoms with van der Waals surface area (Å²) in [4.78, 5) is 14.3. The van der Waals surface area contributed by atoms with Crippen molar-refractivity contribution in [3.05, 3.63) is 47.8 Å². The van der Waals surface area contributed by atoms with Gasteiger partial charge >= 0.3 is 0 Å². The Labute approximate surface area is 153 Å². The summed E-state index contributed by atoms with van der Waals surface area (Å²) >= 11 is 0. The van der Waals surface area contributed by atoms with Crippen molar-refractivity contribution >= 4 is 5.91 Å². The summed E-state index contributed by atoms with van der Waals surface area (Å²) in [6.07, 6.45) is 8.31. The number of hydrogen-bond donors (Lipinski definition) is 3. The van der Waals surface area contributed by atoms with E-state index in [9.17, 15) is 15.0 Å². The minimum Gasteiger partial charge on any atom is -0.497 e. The van der Waals surface area contributed by atoms with Crippen LogP contribution in [0, 0.1) is 5.92 Å². The highest BCUT2D eigenvalue weighted by atomic mass is 16.5. The molecule has 1 amide bonds. The van der Waals surface area contributed by atoms with E-state index in [1.807, 2.05) is 18.2 Å². The van der Waals surface area contributed by atoms with Gasteiger partial charge in [-0.1, -0.05) is 12.2 Å². The zero-order valence-corrected chi connectivity index (χ0v) is 15.0. The van der Waals surface area contributed by atoms with Crippen LogP contribution in [0.5, 0.6) is 0 Å². The molecule has 1 aliphatic carbocycles. The predicted molar refractivity (Wildman–Crippen MR) is 97.0 cm³/mol. The quantitative estimate of drug-likeness (QED) is 0.643. The average molecular weight is 358 g/mol. The maximum atomic E-state index is 12.2. The topological polar surface area (TPSA) is 82.0 Å². The maximum Gasteiger partial charge on any atom is 0.224 e. The molecule has 4 heterocycles. The third-order valence-electron chi connectivity index (χ3n) is 6.36. The predicted octanol–water partition coefficient (Wildman–Crippen LogP) is 0.644. The number of rotatable bonds is 4. The molecule has 4 aliphatic heterocycles. The minimum absolute atomic E-state index is 0.0784. The molecule has 140 valence electrons. The van der Waals surface area contributed by atoms with Crippen LogP contribution in [-0.4, -0.2) is 65.0 Å². The fraction of sp³-hybridized carbons (Fsp3) is 0.550. The van der Waals surface area contributed by atoms with Gasteiger partial charge in [-0.3, -0.25) is 9.69 Å². The van der Waals surface area contributed by atoms with Crippen LogP contribution < -0.4 is 5.32 Å². The van der Waals surface area contributed by atoms with Crippen molar-refractivity contribution < 1.29 is 19.7 Å². The number of nitrogens with one attached hydrogen (secondary N) is 1. The van der Waals surface area contributed by atoms with E-state index >= 15 is 0 Å². The van der Waals surface area contributed by atoms with Gasteiger partial charge in [0.1, 0.15) is 5.76 Å². The number of hydrogen-bond acceptors (Lipinski definition) is 5.